The van der Waals surface area contributed by atoms with Gasteiger partial charge in [-0.15, -0.1) is 23.7 Å². The van der Waals surface area contributed by atoms with E-state index < -0.39 is 0 Å². The van der Waals surface area contributed by atoms with Gasteiger partial charge in [0, 0.05) is 49.4 Å². The summed E-state index contributed by atoms with van der Waals surface area (Å²) in [6, 6.07) is 4.66. The standard InChI is InChI=1S/C16H19FN4OS.ClH/c1-11-2-3-12(8-14(11)17)15(22)21-6-4-20(5-7-21)10-13-9-19-16(18)23-13;/h2-3,8-9H,4-7,10H2,1H3,(H2,18,19);1H. The SMILES string of the molecule is Cc1ccc(C(=O)N2CCN(Cc3cnc(N)s3)CC2)cc1F.Cl. The van der Waals surface area contributed by atoms with Crippen molar-refractivity contribution in [2.45, 2.75) is 13.5 Å². The third-order valence-corrected chi connectivity index (χ3v) is 4.84. The lowest BCUT2D eigenvalue weighted by Gasteiger charge is -2.34. The van der Waals surface area contributed by atoms with Gasteiger partial charge < -0.3 is 10.6 Å². The van der Waals surface area contributed by atoms with E-state index >= 15 is 0 Å². The molecule has 1 saturated heterocycles. The van der Waals surface area contributed by atoms with E-state index in [1.54, 1.807) is 30.2 Å². The highest BCUT2D eigenvalue weighted by Crippen LogP contribution is 2.18. The van der Waals surface area contributed by atoms with Crippen LogP contribution >= 0.6 is 23.7 Å². The summed E-state index contributed by atoms with van der Waals surface area (Å²) in [7, 11) is 0. The highest BCUT2D eigenvalue weighted by molar-refractivity contribution is 7.15. The minimum absolute atomic E-state index is 0. The van der Waals surface area contributed by atoms with Crippen molar-refractivity contribution in [2.75, 3.05) is 31.9 Å². The maximum Gasteiger partial charge on any atom is 0.254 e. The Kier molecular flexibility index (Phi) is 6.15. The normalized spacial score (nSPS) is 15.2. The molecule has 0 saturated carbocycles. The molecule has 1 aromatic heterocycles. The summed E-state index contributed by atoms with van der Waals surface area (Å²) in [6.45, 7) is 5.35. The molecular weight excluding hydrogens is 351 g/mol. The number of hydrogen-bond acceptors (Lipinski definition) is 5. The van der Waals surface area contributed by atoms with E-state index in [1.807, 2.05) is 0 Å². The maximum absolute atomic E-state index is 13.6. The Morgan fingerprint density at radius 2 is 2.04 bits per heavy atom. The number of aryl methyl sites for hydroxylation is 1. The van der Waals surface area contributed by atoms with Crippen LogP contribution in [0.25, 0.3) is 0 Å². The molecule has 130 valence electrons. The summed E-state index contributed by atoms with van der Waals surface area (Å²) in [6.07, 6.45) is 1.80. The van der Waals surface area contributed by atoms with Crippen molar-refractivity contribution >= 4 is 34.8 Å². The highest BCUT2D eigenvalue weighted by atomic mass is 35.5. The van der Waals surface area contributed by atoms with Gasteiger partial charge in [-0.05, 0) is 24.6 Å². The van der Waals surface area contributed by atoms with Crippen molar-refractivity contribution in [3.8, 4) is 0 Å². The Labute approximate surface area is 150 Å². The average Bonchev–Trinajstić information content (AvgIpc) is 2.95. The first-order valence-corrected chi connectivity index (χ1v) is 8.32. The molecule has 3 rings (SSSR count). The third kappa shape index (κ3) is 4.23. The van der Waals surface area contributed by atoms with Gasteiger partial charge in [0.2, 0.25) is 0 Å². The molecule has 0 atom stereocenters. The molecule has 2 N–H and O–H groups in total. The smallest absolute Gasteiger partial charge is 0.254 e. The van der Waals surface area contributed by atoms with Crippen molar-refractivity contribution in [3.05, 3.63) is 46.2 Å². The van der Waals surface area contributed by atoms with Crippen LogP contribution in [0, 0.1) is 12.7 Å². The summed E-state index contributed by atoms with van der Waals surface area (Å²) >= 11 is 1.49. The molecule has 2 aromatic rings. The third-order valence-electron chi connectivity index (χ3n) is 4.03. The first kappa shape index (κ1) is 18.6. The van der Waals surface area contributed by atoms with Crippen molar-refractivity contribution in [3.63, 3.8) is 0 Å². The number of carbonyl (C=O) groups is 1. The lowest BCUT2D eigenvalue weighted by atomic mass is 10.1. The molecule has 1 fully saturated rings. The number of piperazine rings is 1. The van der Waals surface area contributed by atoms with E-state index in [-0.39, 0.29) is 24.1 Å². The van der Waals surface area contributed by atoms with Crippen LogP contribution in [0.1, 0.15) is 20.8 Å². The molecule has 0 aliphatic carbocycles. The highest BCUT2D eigenvalue weighted by Gasteiger charge is 2.23. The van der Waals surface area contributed by atoms with Crippen LogP contribution in [-0.2, 0) is 6.54 Å². The number of anilines is 1. The summed E-state index contributed by atoms with van der Waals surface area (Å²) < 4.78 is 13.6. The van der Waals surface area contributed by atoms with Gasteiger partial charge in [0.1, 0.15) is 5.82 Å². The van der Waals surface area contributed by atoms with Gasteiger partial charge in [0.05, 0.1) is 0 Å². The number of carbonyl (C=O) groups excluding carboxylic acids is 1. The summed E-state index contributed by atoms with van der Waals surface area (Å²) in [5.74, 6) is -0.442. The number of nitrogens with two attached hydrogens (primary N) is 1. The minimum Gasteiger partial charge on any atom is -0.375 e. The Morgan fingerprint density at radius 3 is 2.62 bits per heavy atom. The molecule has 1 aliphatic heterocycles. The quantitative estimate of drug-likeness (QED) is 0.901. The first-order valence-electron chi connectivity index (χ1n) is 7.51. The number of aromatic nitrogens is 1. The number of benzene rings is 1. The molecule has 1 amide bonds. The fraction of sp³-hybridized carbons (Fsp3) is 0.375. The molecule has 0 radical (unpaired) electrons. The predicted octanol–water partition coefficient (Wildman–Crippen LogP) is 2.55. The van der Waals surface area contributed by atoms with Crippen LogP contribution in [0.3, 0.4) is 0 Å². The molecule has 1 aliphatic rings. The van der Waals surface area contributed by atoms with Crippen molar-refractivity contribution in [1.29, 1.82) is 0 Å². The number of nitrogen functional groups attached to an aromatic ring is 1. The van der Waals surface area contributed by atoms with Crippen LogP contribution in [0.2, 0.25) is 0 Å². The number of hydrogen-bond donors (Lipinski definition) is 1. The molecular formula is C16H20ClFN4OS. The number of nitrogens with zero attached hydrogens (tertiary/aromatic N) is 3. The van der Waals surface area contributed by atoms with E-state index in [9.17, 15) is 9.18 Å². The predicted molar refractivity (Wildman–Crippen MR) is 96.1 cm³/mol. The Morgan fingerprint density at radius 1 is 1.33 bits per heavy atom. The number of amides is 1. The Balaban J connectivity index is 0.00000208. The van der Waals surface area contributed by atoms with Gasteiger partial charge in [0.25, 0.3) is 5.91 Å². The lowest BCUT2D eigenvalue weighted by molar-refractivity contribution is 0.0629. The monoisotopic (exact) mass is 370 g/mol. The van der Waals surface area contributed by atoms with Gasteiger partial charge in [-0.25, -0.2) is 9.37 Å². The largest absolute Gasteiger partial charge is 0.375 e. The second kappa shape index (κ2) is 7.92. The van der Waals surface area contributed by atoms with Crippen molar-refractivity contribution in [2.24, 2.45) is 0 Å². The molecule has 0 bridgehead atoms. The van der Waals surface area contributed by atoms with Crippen LogP contribution in [0.5, 0.6) is 0 Å². The van der Waals surface area contributed by atoms with Gasteiger partial charge in [-0.1, -0.05) is 6.07 Å². The maximum atomic E-state index is 13.6. The number of halogens is 2. The zero-order valence-corrected chi connectivity index (χ0v) is 15.0. The Bertz CT molecular complexity index is 716. The van der Waals surface area contributed by atoms with Gasteiger partial charge in [-0.2, -0.15) is 0 Å². The van der Waals surface area contributed by atoms with Crippen LogP contribution in [0.15, 0.2) is 24.4 Å². The molecule has 2 heterocycles. The summed E-state index contributed by atoms with van der Waals surface area (Å²) in [5, 5.41) is 0.579. The second-order valence-corrected chi connectivity index (χ2v) is 6.84. The second-order valence-electron chi connectivity index (χ2n) is 5.70. The van der Waals surface area contributed by atoms with E-state index in [0.717, 1.165) is 24.5 Å². The fourth-order valence-corrected chi connectivity index (χ4v) is 3.36. The van der Waals surface area contributed by atoms with Gasteiger partial charge >= 0.3 is 0 Å². The first-order chi connectivity index (χ1) is 11.0. The van der Waals surface area contributed by atoms with E-state index in [0.29, 0.717) is 29.3 Å². The molecule has 0 unspecified atom stereocenters. The summed E-state index contributed by atoms with van der Waals surface area (Å²) in [4.78, 5) is 21.7. The topological polar surface area (TPSA) is 62.5 Å². The van der Waals surface area contributed by atoms with Crippen LogP contribution in [-0.4, -0.2) is 46.9 Å². The van der Waals surface area contributed by atoms with Gasteiger partial charge in [-0.3, -0.25) is 9.69 Å². The molecule has 24 heavy (non-hydrogen) atoms. The van der Waals surface area contributed by atoms with Crippen molar-refractivity contribution < 1.29 is 9.18 Å². The average molecular weight is 371 g/mol. The molecule has 5 nitrogen and oxygen atoms in total. The molecule has 0 spiro atoms. The zero-order chi connectivity index (χ0) is 16.4. The van der Waals surface area contributed by atoms with E-state index in [4.69, 9.17) is 5.73 Å². The summed E-state index contributed by atoms with van der Waals surface area (Å²) in [5.41, 5.74) is 6.60. The van der Waals surface area contributed by atoms with Crippen LogP contribution in [0.4, 0.5) is 9.52 Å². The molecule has 8 heteroatoms. The van der Waals surface area contributed by atoms with Gasteiger partial charge in [0.15, 0.2) is 5.13 Å². The number of thiazole rings is 1. The number of rotatable bonds is 3. The Hall–Kier alpha value is -1.70. The van der Waals surface area contributed by atoms with E-state index in [2.05, 4.69) is 9.88 Å². The van der Waals surface area contributed by atoms with E-state index in [1.165, 1.54) is 17.4 Å². The van der Waals surface area contributed by atoms with Crippen LogP contribution < -0.4 is 5.73 Å². The van der Waals surface area contributed by atoms with Crippen molar-refractivity contribution in [1.82, 2.24) is 14.8 Å². The molecule has 1 aromatic carbocycles. The zero-order valence-electron chi connectivity index (χ0n) is 13.4. The lowest BCUT2D eigenvalue weighted by Crippen LogP contribution is -2.48. The minimum atomic E-state index is -0.336. The fourth-order valence-electron chi connectivity index (χ4n) is 2.63.